The van der Waals surface area contributed by atoms with Gasteiger partial charge in [0, 0.05) is 6.42 Å². The molecule has 0 fully saturated rings. The second kappa shape index (κ2) is 7.79. The zero-order valence-electron chi connectivity index (χ0n) is 11.8. The van der Waals surface area contributed by atoms with Gasteiger partial charge in [0.05, 0.1) is 18.8 Å². The largest absolute Gasteiger partial charge is 0.494 e. The van der Waals surface area contributed by atoms with Crippen LogP contribution in [0.1, 0.15) is 45.2 Å². The van der Waals surface area contributed by atoms with Crippen LogP contribution in [0.3, 0.4) is 0 Å². The number of amides is 1. The molecule has 4 nitrogen and oxygen atoms in total. The molecule has 2 atom stereocenters. The zero-order chi connectivity index (χ0) is 14.3. The topological polar surface area (TPSA) is 58.6 Å². The van der Waals surface area contributed by atoms with Gasteiger partial charge < -0.3 is 15.2 Å². The highest BCUT2D eigenvalue weighted by Crippen LogP contribution is 2.17. The third-order valence-corrected chi connectivity index (χ3v) is 2.86. The number of ether oxygens (including phenoxy) is 1. The Bertz CT molecular complexity index is 387. The molecule has 0 radical (unpaired) electrons. The van der Waals surface area contributed by atoms with E-state index in [4.69, 9.17) is 9.84 Å². The van der Waals surface area contributed by atoms with E-state index in [1.807, 2.05) is 38.1 Å². The van der Waals surface area contributed by atoms with E-state index in [-0.39, 0.29) is 11.9 Å². The van der Waals surface area contributed by atoms with Crippen LogP contribution < -0.4 is 10.1 Å². The molecule has 0 saturated heterocycles. The predicted octanol–water partition coefficient (Wildman–Crippen LogP) is 2.42. The minimum absolute atomic E-state index is 0.0396. The van der Waals surface area contributed by atoms with Crippen molar-refractivity contribution >= 4 is 5.91 Å². The molecule has 2 N–H and O–H groups in total. The SMILES string of the molecule is CCOc1ccc(C(C)NC(=O)CCC(C)O)cc1. The van der Waals surface area contributed by atoms with Crippen molar-refractivity contribution in [1.29, 1.82) is 0 Å². The Morgan fingerprint density at radius 3 is 2.47 bits per heavy atom. The molecule has 0 aromatic heterocycles. The summed E-state index contributed by atoms with van der Waals surface area (Å²) in [5, 5.41) is 12.1. The Morgan fingerprint density at radius 2 is 1.95 bits per heavy atom. The number of nitrogens with one attached hydrogen (secondary N) is 1. The summed E-state index contributed by atoms with van der Waals surface area (Å²) >= 11 is 0. The van der Waals surface area contributed by atoms with Gasteiger partial charge in [0.25, 0.3) is 0 Å². The fourth-order valence-corrected chi connectivity index (χ4v) is 1.76. The summed E-state index contributed by atoms with van der Waals surface area (Å²) in [6.45, 7) is 6.21. The van der Waals surface area contributed by atoms with Crippen LogP contribution in [0.5, 0.6) is 5.75 Å². The normalized spacial score (nSPS) is 13.7. The molecule has 0 heterocycles. The van der Waals surface area contributed by atoms with Gasteiger partial charge in [0.15, 0.2) is 0 Å². The first-order valence-electron chi connectivity index (χ1n) is 6.73. The average Bonchev–Trinajstić information content (AvgIpc) is 2.37. The molecule has 0 aliphatic rings. The smallest absolute Gasteiger partial charge is 0.220 e. The minimum atomic E-state index is -0.438. The standard InChI is InChI=1S/C15H23NO3/c1-4-19-14-8-6-13(7-9-14)12(3)16-15(18)10-5-11(2)17/h6-9,11-12,17H,4-5,10H2,1-3H3,(H,16,18). The van der Waals surface area contributed by atoms with E-state index in [2.05, 4.69) is 5.32 Å². The van der Waals surface area contributed by atoms with Crippen LogP contribution in [0.2, 0.25) is 0 Å². The van der Waals surface area contributed by atoms with Crippen LogP contribution in [-0.4, -0.2) is 23.7 Å². The average molecular weight is 265 g/mol. The summed E-state index contributed by atoms with van der Waals surface area (Å²) in [6, 6.07) is 7.65. The lowest BCUT2D eigenvalue weighted by Crippen LogP contribution is -2.27. The molecule has 19 heavy (non-hydrogen) atoms. The number of aliphatic hydroxyl groups excluding tert-OH is 1. The molecule has 0 bridgehead atoms. The number of hydrogen-bond donors (Lipinski definition) is 2. The molecule has 106 valence electrons. The molecule has 1 aromatic carbocycles. The number of carbonyl (C=O) groups is 1. The third kappa shape index (κ3) is 5.75. The lowest BCUT2D eigenvalue weighted by Gasteiger charge is -2.15. The number of aliphatic hydroxyl groups is 1. The summed E-state index contributed by atoms with van der Waals surface area (Å²) in [5.74, 6) is 0.793. The van der Waals surface area contributed by atoms with Gasteiger partial charge >= 0.3 is 0 Å². The molecular weight excluding hydrogens is 242 g/mol. The lowest BCUT2D eigenvalue weighted by atomic mass is 10.1. The Labute approximate surface area is 114 Å². The number of rotatable bonds is 7. The molecule has 0 aliphatic heterocycles. The van der Waals surface area contributed by atoms with Gasteiger partial charge in [-0.1, -0.05) is 12.1 Å². The summed E-state index contributed by atoms with van der Waals surface area (Å²) in [4.78, 5) is 11.7. The third-order valence-electron chi connectivity index (χ3n) is 2.86. The Kier molecular flexibility index (Phi) is 6.36. The highest BCUT2D eigenvalue weighted by atomic mass is 16.5. The van der Waals surface area contributed by atoms with Crippen LogP contribution in [-0.2, 0) is 4.79 Å². The quantitative estimate of drug-likeness (QED) is 0.796. The maximum absolute atomic E-state index is 11.7. The highest BCUT2D eigenvalue weighted by molar-refractivity contribution is 5.76. The van der Waals surface area contributed by atoms with Crippen molar-refractivity contribution in [2.45, 2.75) is 45.8 Å². The predicted molar refractivity (Wildman–Crippen MR) is 75.1 cm³/mol. The Hall–Kier alpha value is -1.55. The second-order valence-electron chi connectivity index (χ2n) is 4.68. The number of benzene rings is 1. The van der Waals surface area contributed by atoms with E-state index >= 15 is 0 Å². The van der Waals surface area contributed by atoms with Gasteiger partial charge in [-0.2, -0.15) is 0 Å². The van der Waals surface area contributed by atoms with E-state index in [0.29, 0.717) is 19.4 Å². The number of carbonyl (C=O) groups excluding carboxylic acids is 1. The monoisotopic (exact) mass is 265 g/mol. The molecule has 1 aromatic rings. The van der Waals surface area contributed by atoms with Gasteiger partial charge in [-0.25, -0.2) is 0 Å². The van der Waals surface area contributed by atoms with Crippen molar-refractivity contribution < 1.29 is 14.6 Å². The van der Waals surface area contributed by atoms with Crippen LogP contribution >= 0.6 is 0 Å². The first kappa shape index (κ1) is 15.5. The van der Waals surface area contributed by atoms with Crippen molar-refractivity contribution in [3.8, 4) is 5.75 Å². The van der Waals surface area contributed by atoms with Crippen molar-refractivity contribution in [1.82, 2.24) is 5.32 Å². The maximum atomic E-state index is 11.7. The molecule has 1 rings (SSSR count). The molecule has 2 unspecified atom stereocenters. The van der Waals surface area contributed by atoms with Crippen LogP contribution in [0, 0.1) is 0 Å². The first-order chi connectivity index (χ1) is 9.02. The lowest BCUT2D eigenvalue weighted by molar-refractivity contribution is -0.122. The summed E-state index contributed by atoms with van der Waals surface area (Å²) in [7, 11) is 0. The van der Waals surface area contributed by atoms with E-state index in [1.165, 1.54) is 0 Å². The van der Waals surface area contributed by atoms with Crippen LogP contribution in [0.25, 0.3) is 0 Å². The van der Waals surface area contributed by atoms with Gasteiger partial charge in [0.1, 0.15) is 5.75 Å². The summed E-state index contributed by atoms with van der Waals surface area (Å²) in [6.07, 6.45) is 0.396. The van der Waals surface area contributed by atoms with Crippen molar-refractivity contribution in [2.75, 3.05) is 6.61 Å². The van der Waals surface area contributed by atoms with Crippen molar-refractivity contribution in [3.05, 3.63) is 29.8 Å². The molecule has 1 amide bonds. The van der Waals surface area contributed by atoms with Crippen molar-refractivity contribution in [2.24, 2.45) is 0 Å². The van der Waals surface area contributed by atoms with Gasteiger partial charge in [-0.15, -0.1) is 0 Å². The van der Waals surface area contributed by atoms with Gasteiger partial charge in [0.2, 0.25) is 5.91 Å². The molecule has 0 spiro atoms. The van der Waals surface area contributed by atoms with Crippen molar-refractivity contribution in [3.63, 3.8) is 0 Å². The fourth-order valence-electron chi connectivity index (χ4n) is 1.76. The highest BCUT2D eigenvalue weighted by Gasteiger charge is 2.10. The minimum Gasteiger partial charge on any atom is -0.494 e. The van der Waals surface area contributed by atoms with E-state index < -0.39 is 6.10 Å². The zero-order valence-corrected chi connectivity index (χ0v) is 11.8. The summed E-state index contributed by atoms with van der Waals surface area (Å²) < 4.78 is 5.37. The van der Waals surface area contributed by atoms with Crippen LogP contribution in [0.4, 0.5) is 0 Å². The Balaban J connectivity index is 2.48. The second-order valence-corrected chi connectivity index (χ2v) is 4.68. The van der Waals surface area contributed by atoms with E-state index in [9.17, 15) is 4.79 Å². The fraction of sp³-hybridized carbons (Fsp3) is 0.533. The molecule has 0 saturated carbocycles. The summed E-state index contributed by atoms with van der Waals surface area (Å²) in [5.41, 5.74) is 1.04. The Morgan fingerprint density at radius 1 is 1.32 bits per heavy atom. The number of hydrogen-bond acceptors (Lipinski definition) is 3. The van der Waals surface area contributed by atoms with E-state index in [0.717, 1.165) is 11.3 Å². The maximum Gasteiger partial charge on any atom is 0.220 e. The molecular formula is C15H23NO3. The molecule has 4 heteroatoms. The molecule has 0 aliphatic carbocycles. The van der Waals surface area contributed by atoms with Gasteiger partial charge in [-0.05, 0) is 44.9 Å². The van der Waals surface area contributed by atoms with E-state index in [1.54, 1.807) is 6.92 Å². The van der Waals surface area contributed by atoms with Crippen LogP contribution in [0.15, 0.2) is 24.3 Å². The van der Waals surface area contributed by atoms with Gasteiger partial charge in [-0.3, -0.25) is 4.79 Å². The first-order valence-corrected chi connectivity index (χ1v) is 6.73.